The molecule has 0 amide bonds. The molecule has 5 aromatic carbocycles. The lowest BCUT2D eigenvalue weighted by Crippen LogP contribution is -2.04. The SMILES string of the molecule is C1=Cc2c(oc3c(-c4nc(C5=CCCCC5)nc(-c5ccc6ccccc6c5)n4)cc(-c4cccc5oc6ccccc6c45)cc23)CC1. The molecule has 5 heteroatoms. The van der Waals surface area contributed by atoms with Crippen LogP contribution < -0.4 is 0 Å². The molecule has 2 aliphatic carbocycles. The summed E-state index contributed by atoms with van der Waals surface area (Å²) in [5.41, 5.74) is 8.92. The van der Waals surface area contributed by atoms with Gasteiger partial charge in [-0.25, -0.2) is 15.0 Å². The second kappa shape index (κ2) is 10.9. The minimum atomic E-state index is 0.626. The molecule has 230 valence electrons. The number of allylic oxidation sites excluding steroid dienone is 3. The van der Waals surface area contributed by atoms with E-state index in [1.165, 1.54) is 17.4 Å². The molecule has 5 nitrogen and oxygen atoms in total. The summed E-state index contributed by atoms with van der Waals surface area (Å²) < 4.78 is 13.0. The first-order valence-electron chi connectivity index (χ1n) is 16.9. The van der Waals surface area contributed by atoms with Crippen LogP contribution in [0, 0.1) is 0 Å². The maximum atomic E-state index is 6.71. The van der Waals surface area contributed by atoms with Crippen molar-refractivity contribution >= 4 is 55.3 Å². The third kappa shape index (κ3) is 4.42. The van der Waals surface area contributed by atoms with Gasteiger partial charge in [-0.3, -0.25) is 0 Å². The third-order valence-corrected chi connectivity index (χ3v) is 9.90. The highest BCUT2D eigenvalue weighted by atomic mass is 16.3. The van der Waals surface area contributed by atoms with E-state index >= 15 is 0 Å². The van der Waals surface area contributed by atoms with Gasteiger partial charge in [-0.15, -0.1) is 0 Å². The largest absolute Gasteiger partial charge is 0.460 e. The maximum absolute atomic E-state index is 6.71. The molecule has 2 aliphatic rings. The van der Waals surface area contributed by atoms with E-state index < -0.39 is 0 Å². The van der Waals surface area contributed by atoms with Crippen LogP contribution in [0.2, 0.25) is 0 Å². The van der Waals surface area contributed by atoms with Crippen molar-refractivity contribution in [1.29, 1.82) is 0 Å². The number of para-hydroxylation sites is 1. The normalized spacial score (nSPS) is 14.6. The Hall–Kier alpha value is -5.81. The molecule has 0 aliphatic heterocycles. The van der Waals surface area contributed by atoms with Gasteiger partial charge in [0.15, 0.2) is 17.5 Å². The van der Waals surface area contributed by atoms with Crippen LogP contribution in [0.15, 0.2) is 118 Å². The van der Waals surface area contributed by atoms with E-state index in [1.54, 1.807) is 0 Å². The molecule has 3 aromatic heterocycles. The summed E-state index contributed by atoms with van der Waals surface area (Å²) in [6.45, 7) is 0. The summed E-state index contributed by atoms with van der Waals surface area (Å²) in [7, 11) is 0. The first-order chi connectivity index (χ1) is 23.8. The van der Waals surface area contributed by atoms with Gasteiger partial charge in [-0.1, -0.05) is 85.0 Å². The summed E-state index contributed by atoms with van der Waals surface area (Å²) in [5, 5.41) is 5.63. The zero-order chi connectivity index (χ0) is 31.6. The fourth-order valence-electron chi connectivity index (χ4n) is 7.53. The predicted molar refractivity (Wildman–Crippen MR) is 194 cm³/mol. The van der Waals surface area contributed by atoms with Gasteiger partial charge >= 0.3 is 0 Å². The van der Waals surface area contributed by atoms with Crippen molar-refractivity contribution < 1.29 is 8.83 Å². The van der Waals surface area contributed by atoms with Crippen LogP contribution in [0.1, 0.15) is 49.3 Å². The molecular weight excluding hydrogens is 590 g/mol. The summed E-state index contributed by atoms with van der Waals surface area (Å²) in [6, 6.07) is 33.9. The molecule has 0 fully saturated rings. The Labute approximate surface area is 277 Å². The lowest BCUT2D eigenvalue weighted by Gasteiger charge is -2.14. The number of aryl methyl sites for hydroxylation is 1. The van der Waals surface area contributed by atoms with E-state index in [9.17, 15) is 0 Å². The van der Waals surface area contributed by atoms with Gasteiger partial charge < -0.3 is 8.83 Å². The highest BCUT2D eigenvalue weighted by molar-refractivity contribution is 6.13. The van der Waals surface area contributed by atoms with Gasteiger partial charge in [0, 0.05) is 33.7 Å². The smallest absolute Gasteiger partial charge is 0.167 e. The summed E-state index contributed by atoms with van der Waals surface area (Å²) in [6.07, 6.45) is 12.9. The Kier molecular flexibility index (Phi) is 6.19. The molecule has 0 unspecified atom stereocenters. The first kappa shape index (κ1) is 27.3. The zero-order valence-electron chi connectivity index (χ0n) is 26.4. The van der Waals surface area contributed by atoms with Crippen molar-refractivity contribution in [3.63, 3.8) is 0 Å². The number of rotatable bonds is 4. The van der Waals surface area contributed by atoms with Crippen LogP contribution in [-0.4, -0.2) is 15.0 Å². The standard InChI is InChI=1S/C43H31N3O2/c1-2-12-27(13-3-1)41-44-42(29-22-21-26-11-4-5-14-28(26)23-29)46-43(45-41)35-25-30(24-34-32-15-6-8-18-36(32)48-40(34)35)31-17-10-20-38-39(31)33-16-7-9-19-37(33)47-38/h4-7,9-12,14-17,19-25H,1-3,8,13,18H2. The molecule has 0 bridgehead atoms. The highest BCUT2D eigenvalue weighted by Gasteiger charge is 2.24. The average molecular weight is 622 g/mol. The van der Waals surface area contributed by atoms with Gasteiger partial charge in [0.25, 0.3) is 0 Å². The fraction of sp³-hybridized carbons (Fsp3) is 0.140. The van der Waals surface area contributed by atoms with Crippen molar-refractivity contribution in [3.05, 3.63) is 126 Å². The molecule has 0 N–H and O–H groups in total. The number of nitrogens with zero attached hydrogens (tertiary/aromatic N) is 3. The van der Waals surface area contributed by atoms with Crippen LogP contribution in [-0.2, 0) is 6.42 Å². The van der Waals surface area contributed by atoms with Gasteiger partial charge in [0.2, 0.25) is 0 Å². The molecule has 0 radical (unpaired) electrons. The van der Waals surface area contributed by atoms with Crippen LogP contribution in [0.25, 0.3) is 89.2 Å². The molecule has 8 aromatic rings. The Morgan fingerprint density at radius 2 is 1.42 bits per heavy atom. The van der Waals surface area contributed by atoms with E-state index in [0.29, 0.717) is 11.6 Å². The van der Waals surface area contributed by atoms with Crippen molar-refractivity contribution in [3.8, 4) is 33.9 Å². The monoisotopic (exact) mass is 621 g/mol. The van der Waals surface area contributed by atoms with E-state index in [2.05, 4.69) is 97.1 Å². The van der Waals surface area contributed by atoms with Gasteiger partial charge in [-0.2, -0.15) is 0 Å². The Morgan fingerprint density at radius 1 is 0.562 bits per heavy atom. The minimum Gasteiger partial charge on any atom is -0.460 e. The Bertz CT molecular complexity index is 2640. The van der Waals surface area contributed by atoms with Crippen LogP contribution in [0.5, 0.6) is 0 Å². The second-order valence-electron chi connectivity index (χ2n) is 12.9. The molecule has 48 heavy (non-hydrogen) atoms. The van der Waals surface area contributed by atoms with Crippen molar-refractivity contribution in [2.24, 2.45) is 0 Å². The number of fused-ring (bicyclic) bond motifs is 7. The number of hydrogen-bond acceptors (Lipinski definition) is 5. The summed E-state index contributed by atoms with van der Waals surface area (Å²) in [5.74, 6) is 3.06. The third-order valence-electron chi connectivity index (χ3n) is 9.90. The van der Waals surface area contributed by atoms with Crippen molar-refractivity contribution in [2.45, 2.75) is 38.5 Å². The summed E-state index contributed by atoms with van der Waals surface area (Å²) >= 11 is 0. The molecule has 0 saturated carbocycles. The van der Waals surface area contributed by atoms with E-state index in [4.69, 9.17) is 23.8 Å². The Balaban J connectivity index is 1.26. The molecular formula is C43H31N3O2. The summed E-state index contributed by atoms with van der Waals surface area (Å²) in [4.78, 5) is 15.6. The molecule has 0 atom stereocenters. The highest BCUT2D eigenvalue weighted by Crippen LogP contribution is 2.43. The minimum absolute atomic E-state index is 0.626. The molecule has 3 heterocycles. The van der Waals surface area contributed by atoms with Gasteiger partial charge in [0.1, 0.15) is 22.5 Å². The van der Waals surface area contributed by atoms with Crippen molar-refractivity contribution in [2.75, 3.05) is 0 Å². The van der Waals surface area contributed by atoms with Crippen LogP contribution >= 0.6 is 0 Å². The van der Waals surface area contributed by atoms with Crippen molar-refractivity contribution in [1.82, 2.24) is 15.0 Å². The average Bonchev–Trinajstić information content (AvgIpc) is 3.73. The second-order valence-corrected chi connectivity index (χ2v) is 12.9. The first-order valence-corrected chi connectivity index (χ1v) is 16.9. The molecule has 10 rings (SSSR count). The lowest BCUT2D eigenvalue weighted by atomic mass is 9.94. The number of aromatic nitrogens is 3. The van der Waals surface area contributed by atoms with E-state index in [1.807, 2.05) is 18.2 Å². The topological polar surface area (TPSA) is 65.0 Å². The number of benzene rings is 5. The molecule has 0 spiro atoms. The van der Waals surface area contributed by atoms with E-state index in [0.717, 1.165) is 110 Å². The van der Waals surface area contributed by atoms with Gasteiger partial charge in [0.05, 0.1) is 5.56 Å². The fourth-order valence-corrected chi connectivity index (χ4v) is 7.53. The quantitative estimate of drug-likeness (QED) is 0.196. The lowest BCUT2D eigenvalue weighted by molar-refractivity contribution is 0.547. The van der Waals surface area contributed by atoms with Crippen LogP contribution in [0.3, 0.4) is 0 Å². The Morgan fingerprint density at radius 3 is 2.35 bits per heavy atom. The number of furan rings is 2. The molecule has 0 saturated heterocycles. The predicted octanol–water partition coefficient (Wildman–Crippen LogP) is 11.6. The van der Waals surface area contributed by atoms with Gasteiger partial charge in [-0.05, 0) is 89.9 Å². The maximum Gasteiger partial charge on any atom is 0.167 e. The zero-order valence-corrected chi connectivity index (χ0v) is 26.4. The van der Waals surface area contributed by atoms with E-state index in [-0.39, 0.29) is 0 Å². The number of hydrogen-bond donors (Lipinski definition) is 0. The van der Waals surface area contributed by atoms with Crippen LogP contribution in [0.4, 0.5) is 0 Å².